The van der Waals surface area contributed by atoms with E-state index in [9.17, 15) is 5.11 Å². The molecule has 0 radical (unpaired) electrons. The second-order valence-electron chi connectivity index (χ2n) is 6.68. The second kappa shape index (κ2) is 5.53. The fourth-order valence-corrected chi connectivity index (χ4v) is 3.15. The van der Waals surface area contributed by atoms with Gasteiger partial charge in [0.1, 0.15) is 0 Å². The van der Waals surface area contributed by atoms with E-state index in [4.69, 9.17) is 0 Å². The zero-order chi connectivity index (χ0) is 12.2. The highest BCUT2D eigenvalue weighted by molar-refractivity contribution is 4.93. The molecule has 2 unspecified atom stereocenters. The van der Waals surface area contributed by atoms with E-state index in [0.29, 0.717) is 11.3 Å². The average Bonchev–Trinajstić information content (AvgIpc) is 2.20. The van der Waals surface area contributed by atoms with Gasteiger partial charge in [0.2, 0.25) is 0 Å². The molecule has 0 aromatic rings. The van der Waals surface area contributed by atoms with Crippen LogP contribution in [0.3, 0.4) is 0 Å². The van der Waals surface area contributed by atoms with Crippen molar-refractivity contribution in [3.05, 3.63) is 0 Å². The quantitative estimate of drug-likeness (QED) is 0.683. The van der Waals surface area contributed by atoms with Crippen LogP contribution in [0.5, 0.6) is 0 Å². The Morgan fingerprint density at radius 3 is 2.38 bits per heavy atom. The lowest BCUT2D eigenvalue weighted by atomic mass is 9.64. The van der Waals surface area contributed by atoms with E-state index in [-0.39, 0.29) is 5.60 Å². The first-order chi connectivity index (χ1) is 7.40. The molecule has 2 atom stereocenters. The average molecular weight is 226 g/mol. The lowest BCUT2D eigenvalue weighted by molar-refractivity contribution is -0.0780. The summed E-state index contributed by atoms with van der Waals surface area (Å²) < 4.78 is 0. The summed E-state index contributed by atoms with van der Waals surface area (Å²) in [5, 5.41) is 10.7. The highest BCUT2D eigenvalue weighted by Crippen LogP contribution is 2.45. The molecule has 1 saturated carbocycles. The van der Waals surface area contributed by atoms with Gasteiger partial charge in [-0.2, -0.15) is 0 Å². The van der Waals surface area contributed by atoms with E-state index in [2.05, 4.69) is 27.7 Å². The molecule has 1 rings (SSSR count). The molecule has 0 heterocycles. The Kier molecular flexibility index (Phi) is 4.85. The molecule has 1 aliphatic rings. The van der Waals surface area contributed by atoms with Crippen LogP contribution in [0, 0.1) is 11.3 Å². The van der Waals surface area contributed by atoms with Crippen LogP contribution < -0.4 is 0 Å². The van der Waals surface area contributed by atoms with Crippen LogP contribution in [-0.2, 0) is 0 Å². The van der Waals surface area contributed by atoms with Crippen LogP contribution in [0.25, 0.3) is 0 Å². The minimum absolute atomic E-state index is 0.358. The molecule has 16 heavy (non-hydrogen) atoms. The summed E-state index contributed by atoms with van der Waals surface area (Å²) in [5.74, 6) is 0.470. The van der Waals surface area contributed by atoms with Crippen LogP contribution in [0.2, 0.25) is 0 Å². The summed E-state index contributed by atoms with van der Waals surface area (Å²) >= 11 is 0. The summed E-state index contributed by atoms with van der Waals surface area (Å²) in [6, 6.07) is 0. The van der Waals surface area contributed by atoms with Gasteiger partial charge in [0.05, 0.1) is 5.60 Å². The zero-order valence-electron chi connectivity index (χ0n) is 11.7. The first-order valence-corrected chi connectivity index (χ1v) is 7.12. The van der Waals surface area contributed by atoms with Gasteiger partial charge < -0.3 is 5.11 Å². The van der Waals surface area contributed by atoms with Crippen molar-refractivity contribution >= 4 is 0 Å². The van der Waals surface area contributed by atoms with Crippen LogP contribution >= 0.6 is 0 Å². The van der Waals surface area contributed by atoms with Gasteiger partial charge in [0.25, 0.3) is 0 Å². The Balaban J connectivity index is 2.39. The number of hydrogen-bond donors (Lipinski definition) is 1. The minimum atomic E-state index is -0.358. The van der Waals surface area contributed by atoms with E-state index < -0.39 is 0 Å². The van der Waals surface area contributed by atoms with Crippen LogP contribution in [0.1, 0.15) is 79.1 Å². The molecular formula is C15H30O. The lowest BCUT2D eigenvalue weighted by Gasteiger charge is -2.45. The predicted octanol–water partition coefficient (Wildman–Crippen LogP) is 4.53. The number of rotatable bonds is 5. The molecule has 1 fully saturated rings. The molecule has 0 spiro atoms. The van der Waals surface area contributed by atoms with E-state index in [1.807, 2.05) is 0 Å². The van der Waals surface area contributed by atoms with Gasteiger partial charge in [0.15, 0.2) is 0 Å². The molecule has 0 bridgehead atoms. The standard InChI is InChI=1S/C15H30O/c1-5-6-7-8-9-15(16)11-10-14(3,4)12-13(15)2/h13,16H,5-12H2,1-4H3. The molecule has 1 nitrogen and oxygen atoms in total. The smallest absolute Gasteiger partial charge is 0.0673 e. The Morgan fingerprint density at radius 1 is 1.12 bits per heavy atom. The van der Waals surface area contributed by atoms with Crippen molar-refractivity contribution in [3.63, 3.8) is 0 Å². The zero-order valence-corrected chi connectivity index (χ0v) is 11.7. The van der Waals surface area contributed by atoms with Crippen molar-refractivity contribution in [1.29, 1.82) is 0 Å². The van der Waals surface area contributed by atoms with Crippen molar-refractivity contribution in [2.45, 2.75) is 84.7 Å². The van der Waals surface area contributed by atoms with E-state index in [0.717, 1.165) is 12.8 Å². The first-order valence-electron chi connectivity index (χ1n) is 7.12. The van der Waals surface area contributed by atoms with Crippen LogP contribution in [-0.4, -0.2) is 10.7 Å². The van der Waals surface area contributed by atoms with Gasteiger partial charge in [-0.15, -0.1) is 0 Å². The maximum atomic E-state index is 10.7. The summed E-state index contributed by atoms with van der Waals surface area (Å²) in [6.45, 7) is 9.14. The van der Waals surface area contributed by atoms with Crippen molar-refractivity contribution in [2.75, 3.05) is 0 Å². The molecule has 1 aliphatic carbocycles. The molecule has 1 N–H and O–H groups in total. The number of unbranched alkanes of at least 4 members (excludes halogenated alkanes) is 3. The molecular weight excluding hydrogens is 196 g/mol. The van der Waals surface area contributed by atoms with Gasteiger partial charge in [-0.25, -0.2) is 0 Å². The normalized spacial score (nSPS) is 33.9. The SMILES string of the molecule is CCCCCCC1(O)CCC(C)(C)CC1C. The fourth-order valence-electron chi connectivity index (χ4n) is 3.15. The van der Waals surface area contributed by atoms with Gasteiger partial charge in [-0.05, 0) is 37.0 Å². The van der Waals surface area contributed by atoms with E-state index in [1.54, 1.807) is 0 Å². The van der Waals surface area contributed by atoms with Crippen LogP contribution in [0.15, 0.2) is 0 Å². The highest BCUT2D eigenvalue weighted by Gasteiger charge is 2.41. The largest absolute Gasteiger partial charge is 0.390 e. The third-order valence-electron chi connectivity index (χ3n) is 4.47. The monoisotopic (exact) mass is 226 g/mol. The minimum Gasteiger partial charge on any atom is -0.390 e. The third-order valence-corrected chi connectivity index (χ3v) is 4.47. The van der Waals surface area contributed by atoms with E-state index >= 15 is 0 Å². The van der Waals surface area contributed by atoms with E-state index in [1.165, 1.54) is 38.5 Å². The van der Waals surface area contributed by atoms with Gasteiger partial charge in [0, 0.05) is 0 Å². The van der Waals surface area contributed by atoms with Crippen molar-refractivity contribution in [2.24, 2.45) is 11.3 Å². The molecule has 0 aliphatic heterocycles. The maximum absolute atomic E-state index is 10.7. The number of aliphatic hydroxyl groups is 1. The second-order valence-corrected chi connectivity index (χ2v) is 6.68. The van der Waals surface area contributed by atoms with Gasteiger partial charge in [-0.1, -0.05) is 53.4 Å². The van der Waals surface area contributed by atoms with Crippen LogP contribution in [0.4, 0.5) is 0 Å². The molecule has 0 aromatic carbocycles. The topological polar surface area (TPSA) is 20.2 Å². The maximum Gasteiger partial charge on any atom is 0.0673 e. The molecule has 96 valence electrons. The Hall–Kier alpha value is -0.0400. The van der Waals surface area contributed by atoms with Crippen molar-refractivity contribution in [1.82, 2.24) is 0 Å². The molecule has 0 aromatic heterocycles. The fraction of sp³-hybridized carbons (Fsp3) is 1.00. The Labute approximate surface area is 102 Å². The van der Waals surface area contributed by atoms with Crippen molar-refractivity contribution in [3.8, 4) is 0 Å². The summed E-state index contributed by atoms with van der Waals surface area (Å²) in [6.07, 6.45) is 9.47. The highest BCUT2D eigenvalue weighted by atomic mass is 16.3. The lowest BCUT2D eigenvalue weighted by Crippen LogP contribution is -2.43. The van der Waals surface area contributed by atoms with Crippen molar-refractivity contribution < 1.29 is 5.11 Å². The molecule has 1 heteroatoms. The summed E-state index contributed by atoms with van der Waals surface area (Å²) in [5.41, 5.74) is 0.0817. The molecule has 0 amide bonds. The summed E-state index contributed by atoms with van der Waals surface area (Å²) in [4.78, 5) is 0. The van der Waals surface area contributed by atoms with Gasteiger partial charge >= 0.3 is 0 Å². The predicted molar refractivity (Wildman–Crippen MR) is 70.5 cm³/mol. The summed E-state index contributed by atoms with van der Waals surface area (Å²) in [7, 11) is 0. The molecule has 0 saturated heterocycles. The number of hydrogen-bond acceptors (Lipinski definition) is 1. The first kappa shape index (κ1) is 14.0. The van der Waals surface area contributed by atoms with Gasteiger partial charge in [-0.3, -0.25) is 0 Å². The third kappa shape index (κ3) is 3.76. The Bertz CT molecular complexity index is 209. The Morgan fingerprint density at radius 2 is 1.81 bits per heavy atom.